The van der Waals surface area contributed by atoms with E-state index in [4.69, 9.17) is 0 Å². The second kappa shape index (κ2) is 5.18. The lowest BCUT2D eigenvalue weighted by atomic mass is 10.3. The van der Waals surface area contributed by atoms with Crippen LogP contribution in [-0.2, 0) is 0 Å². The van der Waals surface area contributed by atoms with E-state index in [-0.39, 0.29) is 0 Å². The average molecular weight is 246 g/mol. The van der Waals surface area contributed by atoms with Gasteiger partial charge in [0, 0.05) is 9.79 Å². The van der Waals surface area contributed by atoms with Gasteiger partial charge in [-0.05, 0) is 24.3 Å². The van der Waals surface area contributed by atoms with Crippen LogP contribution in [-0.4, -0.2) is 0 Å². The van der Waals surface area contributed by atoms with Crippen molar-refractivity contribution in [1.82, 2.24) is 0 Å². The van der Waals surface area contributed by atoms with E-state index in [9.17, 15) is 0 Å². The maximum absolute atomic E-state index is 4.30. The average Bonchev–Trinajstić information content (AvgIpc) is 2.30. The molecule has 0 bridgehead atoms. The van der Waals surface area contributed by atoms with Gasteiger partial charge in [-0.1, -0.05) is 24.3 Å². The molecule has 0 spiro atoms. The van der Waals surface area contributed by atoms with Crippen molar-refractivity contribution in [3.8, 4) is 0 Å². The van der Waals surface area contributed by atoms with Crippen LogP contribution in [0.25, 0.3) is 0 Å². The van der Waals surface area contributed by atoms with Crippen molar-refractivity contribution >= 4 is 36.6 Å². The zero-order chi connectivity index (χ0) is 11.4. The van der Waals surface area contributed by atoms with Gasteiger partial charge in [0.15, 0.2) is 0 Å². The van der Waals surface area contributed by atoms with E-state index in [1.165, 1.54) is 0 Å². The third-order valence-corrected chi connectivity index (χ3v) is 2.79. The summed E-state index contributed by atoms with van der Waals surface area (Å²) in [5.41, 5.74) is 1.50. The van der Waals surface area contributed by atoms with Crippen LogP contribution in [0.5, 0.6) is 0 Å². The summed E-state index contributed by atoms with van der Waals surface area (Å²) in [5.74, 6) is 0. The van der Waals surface area contributed by atoms with Gasteiger partial charge in [0.05, 0.1) is 11.4 Å². The second-order valence-corrected chi connectivity index (χ2v) is 4.14. The molecule has 2 rings (SSSR count). The van der Waals surface area contributed by atoms with E-state index in [2.05, 4.69) is 35.5 Å². The third kappa shape index (κ3) is 2.65. The molecular weight excluding hydrogens is 236 g/mol. The van der Waals surface area contributed by atoms with Gasteiger partial charge in [0.2, 0.25) is 0 Å². The van der Waals surface area contributed by atoms with E-state index < -0.39 is 0 Å². The molecule has 16 heavy (non-hydrogen) atoms. The molecule has 0 saturated heterocycles. The maximum Gasteiger partial charge on any atom is 0.0990 e. The smallest absolute Gasteiger partial charge is 0.0990 e. The molecule has 0 aromatic heterocycles. The number of rotatable bonds is 2. The molecule has 0 N–H and O–H groups in total. The molecule has 0 fully saturated rings. The molecule has 0 aliphatic heterocycles. The van der Waals surface area contributed by atoms with Gasteiger partial charge in [0.1, 0.15) is 0 Å². The Morgan fingerprint density at radius 1 is 0.625 bits per heavy atom. The first-order chi connectivity index (χ1) is 7.77. The van der Waals surface area contributed by atoms with Crippen LogP contribution in [0.3, 0.4) is 0 Å². The molecule has 0 amide bonds. The summed E-state index contributed by atoms with van der Waals surface area (Å²) in [7, 11) is 0. The van der Waals surface area contributed by atoms with Gasteiger partial charge in [0.25, 0.3) is 0 Å². The summed E-state index contributed by atoms with van der Waals surface area (Å²) in [5, 5.41) is 8.27. The standard InChI is InChI=1S/C12H10N2S2/c15-11-7-3-1-5-9(11)13-14-10-6-2-4-8-12(10)16/h1-8,15-16H/b14-13+. The molecule has 4 heteroatoms. The van der Waals surface area contributed by atoms with Crippen molar-refractivity contribution in [2.45, 2.75) is 9.79 Å². The lowest BCUT2D eigenvalue weighted by Gasteiger charge is -1.98. The SMILES string of the molecule is Sc1ccccc1/N=N/c1ccccc1S. The van der Waals surface area contributed by atoms with Crippen molar-refractivity contribution in [3.63, 3.8) is 0 Å². The lowest BCUT2D eigenvalue weighted by Crippen LogP contribution is -1.69. The van der Waals surface area contributed by atoms with Gasteiger partial charge in [-0.3, -0.25) is 0 Å². The summed E-state index contributed by atoms with van der Waals surface area (Å²) >= 11 is 8.59. The Bertz CT molecular complexity index is 476. The quantitative estimate of drug-likeness (QED) is 0.568. The van der Waals surface area contributed by atoms with Crippen LogP contribution in [0.15, 0.2) is 68.6 Å². The van der Waals surface area contributed by atoms with E-state index in [0.29, 0.717) is 0 Å². The highest BCUT2D eigenvalue weighted by Crippen LogP contribution is 2.27. The molecular formula is C12H10N2S2. The molecule has 2 aromatic carbocycles. The van der Waals surface area contributed by atoms with Crippen molar-refractivity contribution in [2.75, 3.05) is 0 Å². The fraction of sp³-hybridized carbons (Fsp3) is 0. The van der Waals surface area contributed by atoms with E-state index in [1.54, 1.807) is 0 Å². The number of nitrogens with zero attached hydrogens (tertiary/aromatic N) is 2. The Balaban J connectivity index is 2.29. The molecule has 0 atom stereocenters. The summed E-state index contributed by atoms with van der Waals surface area (Å²) in [6, 6.07) is 15.1. The van der Waals surface area contributed by atoms with Crippen molar-refractivity contribution in [3.05, 3.63) is 48.5 Å². The van der Waals surface area contributed by atoms with Crippen LogP contribution in [0, 0.1) is 0 Å². The monoisotopic (exact) mass is 246 g/mol. The Morgan fingerprint density at radius 2 is 1.00 bits per heavy atom. The molecule has 80 valence electrons. The first kappa shape index (κ1) is 11.2. The molecule has 0 heterocycles. The minimum atomic E-state index is 0.752. The Labute approximate surface area is 105 Å². The fourth-order valence-corrected chi connectivity index (χ4v) is 1.62. The van der Waals surface area contributed by atoms with Crippen molar-refractivity contribution in [2.24, 2.45) is 10.2 Å². The first-order valence-electron chi connectivity index (χ1n) is 4.75. The second-order valence-electron chi connectivity index (χ2n) is 3.18. The number of hydrogen-bond acceptors (Lipinski definition) is 4. The zero-order valence-electron chi connectivity index (χ0n) is 8.41. The van der Waals surface area contributed by atoms with Gasteiger partial charge in [-0.2, -0.15) is 0 Å². The molecule has 0 radical (unpaired) electrons. The van der Waals surface area contributed by atoms with Gasteiger partial charge >= 0.3 is 0 Å². The summed E-state index contributed by atoms with van der Waals surface area (Å²) < 4.78 is 0. The number of benzene rings is 2. The predicted octanol–water partition coefficient (Wildman–Crippen LogP) is 4.68. The lowest BCUT2D eigenvalue weighted by molar-refractivity contribution is 1.17. The minimum absolute atomic E-state index is 0.752. The molecule has 0 aliphatic carbocycles. The summed E-state index contributed by atoms with van der Waals surface area (Å²) in [6.07, 6.45) is 0. The summed E-state index contributed by atoms with van der Waals surface area (Å²) in [6.45, 7) is 0. The highest BCUT2D eigenvalue weighted by Gasteiger charge is 1.97. The summed E-state index contributed by atoms with van der Waals surface area (Å²) in [4.78, 5) is 1.62. The Morgan fingerprint density at radius 3 is 1.38 bits per heavy atom. The van der Waals surface area contributed by atoms with Crippen molar-refractivity contribution < 1.29 is 0 Å². The minimum Gasteiger partial charge on any atom is -0.149 e. The Kier molecular flexibility index (Phi) is 3.64. The molecule has 2 aromatic rings. The van der Waals surface area contributed by atoms with Gasteiger partial charge < -0.3 is 0 Å². The normalized spacial score (nSPS) is 10.9. The highest BCUT2D eigenvalue weighted by atomic mass is 32.1. The number of hydrogen-bond donors (Lipinski definition) is 2. The predicted molar refractivity (Wildman–Crippen MR) is 71.6 cm³/mol. The van der Waals surface area contributed by atoms with E-state index >= 15 is 0 Å². The largest absolute Gasteiger partial charge is 0.149 e. The highest BCUT2D eigenvalue weighted by molar-refractivity contribution is 7.80. The van der Waals surface area contributed by atoms with Crippen LogP contribution >= 0.6 is 25.3 Å². The maximum atomic E-state index is 4.30. The number of azo groups is 1. The van der Waals surface area contributed by atoms with Crippen LogP contribution in [0.4, 0.5) is 11.4 Å². The first-order valence-corrected chi connectivity index (χ1v) is 5.64. The molecule has 0 aliphatic rings. The zero-order valence-corrected chi connectivity index (χ0v) is 10.2. The molecule has 2 nitrogen and oxygen atoms in total. The fourth-order valence-electron chi connectivity index (χ4n) is 1.21. The van der Waals surface area contributed by atoms with Crippen LogP contribution in [0.2, 0.25) is 0 Å². The topological polar surface area (TPSA) is 24.7 Å². The Hall–Kier alpha value is -1.26. The number of thiol groups is 2. The van der Waals surface area contributed by atoms with Crippen LogP contribution in [0.1, 0.15) is 0 Å². The van der Waals surface area contributed by atoms with E-state index in [1.807, 2.05) is 48.5 Å². The van der Waals surface area contributed by atoms with E-state index in [0.717, 1.165) is 21.2 Å². The molecule has 0 unspecified atom stereocenters. The third-order valence-electron chi connectivity index (χ3n) is 2.03. The molecule has 0 saturated carbocycles. The van der Waals surface area contributed by atoms with Crippen molar-refractivity contribution in [1.29, 1.82) is 0 Å². The van der Waals surface area contributed by atoms with Gasteiger partial charge in [-0.15, -0.1) is 35.5 Å². The van der Waals surface area contributed by atoms with Gasteiger partial charge in [-0.25, -0.2) is 0 Å². The van der Waals surface area contributed by atoms with Crippen LogP contribution < -0.4 is 0 Å².